The van der Waals surface area contributed by atoms with Crippen LogP contribution in [0.2, 0.25) is 5.02 Å². The molecule has 0 spiro atoms. The van der Waals surface area contributed by atoms with E-state index in [4.69, 9.17) is 22.5 Å². The lowest BCUT2D eigenvalue weighted by Crippen LogP contribution is -2.34. The van der Waals surface area contributed by atoms with Gasteiger partial charge in [0, 0.05) is 30.6 Å². The topological polar surface area (TPSA) is 74.7 Å². The van der Waals surface area contributed by atoms with Gasteiger partial charge in [0.15, 0.2) is 5.84 Å². The lowest BCUT2D eigenvalue weighted by molar-refractivity contribution is 0.318. The maximum Gasteiger partial charge on any atom is 0.171 e. The van der Waals surface area contributed by atoms with Crippen LogP contribution in [0.1, 0.15) is 18.9 Å². The van der Waals surface area contributed by atoms with Crippen molar-refractivity contribution >= 4 is 35.0 Å². The summed E-state index contributed by atoms with van der Waals surface area (Å²) in [5.41, 5.74) is 6.08. The van der Waals surface area contributed by atoms with Gasteiger partial charge in [-0.05, 0) is 18.7 Å². The van der Waals surface area contributed by atoms with Crippen LogP contribution in [0.4, 0.5) is 5.82 Å². The van der Waals surface area contributed by atoms with Crippen LogP contribution < -0.4 is 10.6 Å². The standard InChI is InChI=1S/C12H19ClN4OS/c1-4-8(7-19-3)17(2)12-10(13)9(5-6-15-12)11(14)16-18/h5-6,8,18H,4,7H2,1-3H3,(H2,14,16). The van der Waals surface area contributed by atoms with Crippen LogP contribution in [-0.2, 0) is 0 Å². The quantitative estimate of drug-likeness (QED) is 0.365. The third-order valence-corrected chi connectivity index (χ3v) is 4.06. The number of hydrogen-bond acceptors (Lipinski definition) is 5. The molecule has 0 fully saturated rings. The largest absolute Gasteiger partial charge is 0.409 e. The summed E-state index contributed by atoms with van der Waals surface area (Å²) in [5.74, 6) is 1.62. The molecule has 1 atom stereocenters. The first-order chi connectivity index (χ1) is 9.06. The molecule has 0 aliphatic heterocycles. The first kappa shape index (κ1) is 15.9. The van der Waals surface area contributed by atoms with E-state index in [0.717, 1.165) is 12.2 Å². The van der Waals surface area contributed by atoms with Crippen molar-refractivity contribution in [2.75, 3.05) is 24.0 Å². The lowest BCUT2D eigenvalue weighted by Gasteiger charge is -2.28. The smallest absolute Gasteiger partial charge is 0.171 e. The van der Waals surface area contributed by atoms with E-state index in [1.54, 1.807) is 24.0 Å². The van der Waals surface area contributed by atoms with Crippen LogP contribution in [0, 0.1) is 0 Å². The van der Waals surface area contributed by atoms with Gasteiger partial charge in [0.1, 0.15) is 5.82 Å². The molecule has 0 radical (unpaired) electrons. The molecule has 1 rings (SSSR count). The number of oxime groups is 1. The second kappa shape index (κ2) is 7.45. The van der Waals surface area contributed by atoms with E-state index in [9.17, 15) is 0 Å². The average molecular weight is 303 g/mol. The van der Waals surface area contributed by atoms with Crippen molar-refractivity contribution in [1.29, 1.82) is 0 Å². The highest BCUT2D eigenvalue weighted by atomic mass is 35.5. The molecule has 0 saturated heterocycles. The van der Waals surface area contributed by atoms with Crippen LogP contribution in [0.15, 0.2) is 17.4 Å². The number of halogens is 1. The molecule has 19 heavy (non-hydrogen) atoms. The van der Waals surface area contributed by atoms with Crippen molar-refractivity contribution in [3.05, 3.63) is 22.8 Å². The number of anilines is 1. The predicted octanol–water partition coefficient (Wildman–Crippen LogP) is 2.41. The van der Waals surface area contributed by atoms with Crippen molar-refractivity contribution in [2.24, 2.45) is 10.9 Å². The summed E-state index contributed by atoms with van der Waals surface area (Å²) in [4.78, 5) is 6.33. The fourth-order valence-corrected chi connectivity index (χ4v) is 2.99. The van der Waals surface area contributed by atoms with Gasteiger partial charge in [0.2, 0.25) is 0 Å². The maximum absolute atomic E-state index is 8.75. The first-order valence-corrected chi connectivity index (χ1v) is 7.68. The molecule has 106 valence electrons. The molecular formula is C12H19ClN4OS. The van der Waals surface area contributed by atoms with Crippen LogP contribution in [0.25, 0.3) is 0 Å². The average Bonchev–Trinajstić information content (AvgIpc) is 2.43. The Morgan fingerprint density at radius 2 is 2.37 bits per heavy atom. The monoisotopic (exact) mass is 302 g/mol. The van der Waals surface area contributed by atoms with E-state index >= 15 is 0 Å². The SMILES string of the molecule is CCC(CSC)N(C)c1nccc(/C(N)=N/O)c1Cl. The molecule has 1 heterocycles. The third-order valence-electron chi connectivity index (χ3n) is 2.97. The van der Waals surface area contributed by atoms with E-state index in [1.165, 1.54) is 0 Å². The summed E-state index contributed by atoms with van der Waals surface area (Å²) in [5, 5.41) is 12.1. The molecule has 1 unspecified atom stereocenters. The number of rotatable bonds is 6. The fraction of sp³-hybridized carbons (Fsp3) is 0.500. The van der Waals surface area contributed by atoms with Gasteiger partial charge in [-0.25, -0.2) is 4.98 Å². The van der Waals surface area contributed by atoms with Gasteiger partial charge >= 0.3 is 0 Å². The number of thioether (sulfide) groups is 1. The molecular weight excluding hydrogens is 284 g/mol. The van der Waals surface area contributed by atoms with Gasteiger partial charge in [-0.2, -0.15) is 11.8 Å². The normalized spacial score (nSPS) is 13.4. The number of pyridine rings is 1. The molecule has 0 aromatic carbocycles. The number of nitrogens with two attached hydrogens (primary N) is 1. The minimum atomic E-state index is -0.0139. The Hall–Kier alpha value is -1.14. The highest BCUT2D eigenvalue weighted by molar-refractivity contribution is 7.98. The Bertz CT molecular complexity index is 455. The van der Waals surface area contributed by atoms with E-state index in [-0.39, 0.29) is 5.84 Å². The molecule has 1 aromatic heterocycles. The van der Waals surface area contributed by atoms with Crippen molar-refractivity contribution < 1.29 is 5.21 Å². The summed E-state index contributed by atoms with van der Waals surface area (Å²) in [7, 11) is 1.95. The molecule has 3 N–H and O–H groups in total. The van der Waals surface area contributed by atoms with Gasteiger partial charge in [-0.1, -0.05) is 23.7 Å². The Kier molecular flexibility index (Phi) is 6.24. The zero-order valence-electron chi connectivity index (χ0n) is 11.3. The van der Waals surface area contributed by atoms with Gasteiger partial charge < -0.3 is 15.8 Å². The summed E-state index contributed by atoms with van der Waals surface area (Å²) in [6.45, 7) is 2.12. The van der Waals surface area contributed by atoms with E-state index in [0.29, 0.717) is 22.4 Å². The lowest BCUT2D eigenvalue weighted by atomic mass is 10.2. The number of amidine groups is 1. The molecule has 7 heteroatoms. The Morgan fingerprint density at radius 1 is 1.68 bits per heavy atom. The number of nitrogens with zero attached hydrogens (tertiary/aromatic N) is 3. The van der Waals surface area contributed by atoms with Crippen molar-refractivity contribution in [3.8, 4) is 0 Å². The predicted molar refractivity (Wildman–Crippen MR) is 82.6 cm³/mol. The zero-order chi connectivity index (χ0) is 14.4. The molecule has 0 aliphatic carbocycles. The molecule has 1 aromatic rings. The van der Waals surface area contributed by atoms with E-state index in [2.05, 4.69) is 23.3 Å². The highest BCUT2D eigenvalue weighted by Gasteiger charge is 2.19. The maximum atomic E-state index is 8.75. The second-order valence-electron chi connectivity index (χ2n) is 4.11. The molecule has 0 amide bonds. The van der Waals surface area contributed by atoms with Gasteiger partial charge in [0.25, 0.3) is 0 Å². The highest BCUT2D eigenvalue weighted by Crippen LogP contribution is 2.28. The van der Waals surface area contributed by atoms with E-state index < -0.39 is 0 Å². The van der Waals surface area contributed by atoms with Crippen LogP contribution in [0.5, 0.6) is 0 Å². The Labute approximate surface area is 122 Å². The Balaban J connectivity index is 3.13. The molecule has 0 bridgehead atoms. The van der Waals surface area contributed by atoms with Crippen LogP contribution in [-0.4, -0.2) is 41.1 Å². The van der Waals surface area contributed by atoms with Gasteiger partial charge in [-0.3, -0.25) is 0 Å². The summed E-state index contributed by atoms with van der Waals surface area (Å²) in [6.07, 6.45) is 4.67. The zero-order valence-corrected chi connectivity index (χ0v) is 12.9. The molecule has 0 aliphatic rings. The minimum absolute atomic E-state index is 0.0139. The number of aromatic nitrogens is 1. The van der Waals surface area contributed by atoms with Crippen molar-refractivity contribution in [2.45, 2.75) is 19.4 Å². The summed E-state index contributed by atoms with van der Waals surface area (Å²) >= 11 is 8.07. The number of hydrogen-bond donors (Lipinski definition) is 2. The van der Waals surface area contributed by atoms with Gasteiger partial charge in [-0.15, -0.1) is 0 Å². The van der Waals surface area contributed by atoms with E-state index in [1.807, 2.05) is 11.9 Å². The second-order valence-corrected chi connectivity index (χ2v) is 5.40. The minimum Gasteiger partial charge on any atom is -0.409 e. The molecule has 5 nitrogen and oxygen atoms in total. The van der Waals surface area contributed by atoms with Crippen molar-refractivity contribution in [3.63, 3.8) is 0 Å². The fourth-order valence-electron chi connectivity index (χ4n) is 1.80. The van der Waals surface area contributed by atoms with Crippen LogP contribution >= 0.6 is 23.4 Å². The summed E-state index contributed by atoms with van der Waals surface area (Å²) < 4.78 is 0. The Morgan fingerprint density at radius 3 is 2.89 bits per heavy atom. The first-order valence-electron chi connectivity index (χ1n) is 5.90. The van der Waals surface area contributed by atoms with Crippen LogP contribution in [0.3, 0.4) is 0 Å². The third kappa shape index (κ3) is 3.67. The summed E-state index contributed by atoms with van der Waals surface area (Å²) in [6, 6.07) is 1.96. The van der Waals surface area contributed by atoms with Crippen molar-refractivity contribution in [1.82, 2.24) is 4.98 Å². The molecule has 0 saturated carbocycles. The van der Waals surface area contributed by atoms with Gasteiger partial charge in [0.05, 0.1) is 5.02 Å².